The monoisotopic (exact) mass is 231 g/mol. The second kappa shape index (κ2) is 13.8. The summed E-state index contributed by atoms with van der Waals surface area (Å²) >= 11 is 0. The first-order valence-corrected chi connectivity index (χ1v) is 5.71. The van der Waals surface area contributed by atoms with Crippen LogP contribution in [0.4, 0.5) is 0 Å². The standard InChI is InChI=1S/C8H13NO3.2C2H6/c1-6(5-10)4-8(12)9(3)7(2)11;2*1-2/h5-6H,4H2,1-3H3;2*1-2H3. The number of hydrogen-bond acceptors (Lipinski definition) is 3. The average Bonchev–Trinajstić information content (AvgIpc) is 2.32. The van der Waals surface area contributed by atoms with Crippen molar-refractivity contribution in [2.75, 3.05) is 7.05 Å². The number of imide groups is 1. The van der Waals surface area contributed by atoms with Crippen LogP contribution in [0.1, 0.15) is 48.0 Å². The lowest BCUT2D eigenvalue weighted by atomic mass is 10.1. The summed E-state index contributed by atoms with van der Waals surface area (Å²) < 4.78 is 0. The molecule has 0 aliphatic rings. The predicted molar refractivity (Wildman–Crippen MR) is 66.0 cm³/mol. The van der Waals surface area contributed by atoms with Gasteiger partial charge in [0.2, 0.25) is 11.8 Å². The lowest BCUT2D eigenvalue weighted by Crippen LogP contribution is -2.32. The van der Waals surface area contributed by atoms with Crippen LogP contribution in [0, 0.1) is 5.92 Å². The van der Waals surface area contributed by atoms with Gasteiger partial charge in [0.1, 0.15) is 6.29 Å². The second-order valence-corrected chi connectivity index (χ2v) is 2.79. The van der Waals surface area contributed by atoms with Gasteiger partial charge in [-0.1, -0.05) is 34.6 Å². The maximum atomic E-state index is 11.1. The summed E-state index contributed by atoms with van der Waals surface area (Å²) in [5.74, 6) is -0.945. The highest BCUT2D eigenvalue weighted by molar-refractivity contribution is 5.94. The maximum absolute atomic E-state index is 11.1. The minimum atomic E-state index is -0.320. The van der Waals surface area contributed by atoms with Gasteiger partial charge in [0.25, 0.3) is 0 Å². The van der Waals surface area contributed by atoms with Gasteiger partial charge in [-0.05, 0) is 0 Å². The number of rotatable bonds is 3. The molecule has 0 aromatic heterocycles. The van der Waals surface area contributed by atoms with Crippen LogP contribution >= 0.6 is 0 Å². The zero-order valence-electron chi connectivity index (χ0n) is 11.5. The number of hydrogen-bond donors (Lipinski definition) is 0. The molecule has 1 unspecified atom stereocenters. The van der Waals surface area contributed by atoms with E-state index < -0.39 is 0 Å². The Morgan fingerprint density at radius 3 is 1.81 bits per heavy atom. The molecule has 0 aromatic carbocycles. The molecule has 2 amide bonds. The third-order valence-electron chi connectivity index (χ3n) is 1.58. The van der Waals surface area contributed by atoms with Crippen molar-refractivity contribution in [3.05, 3.63) is 0 Å². The van der Waals surface area contributed by atoms with E-state index in [1.165, 1.54) is 14.0 Å². The van der Waals surface area contributed by atoms with Crippen molar-refractivity contribution in [3.63, 3.8) is 0 Å². The molecule has 0 saturated heterocycles. The van der Waals surface area contributed by atoms with E-state index in [4.69, 9.17) is 0 Å². The van der Waals surface area contributed by atoms with Gasteiger partial charge < -0.3 is 4.79 Å². The van der Waals surface area contributed by atoms with Crippen molar-refractivity contribution >= 4 is 18.1 Å². The largest absolute Gasteiger partial charge is 0.303 e. The molecule has 0 fully saturated rings. The van der Waals surface area contributed by atoms with Gasteiger partial charge in [-0.25, -0.2) is 0 Å². The molecule has 4 heteroatoms. The number of amides is 2. The fraction of sp³-hybridized carbons (Fsp3) is 0.750. The Morgan fingerprint density at radius 2 is 1.56 bits per heavy atom. The SMILES string of the molecule is CC.CC.CC(=O)N(C)C(=O)CC(C)C=O. The van der Waals surface area contributed by atoms with E-state index in [9.17, 15) is 14.4 Å². The van der Waals surface area contributed by atoms with Gasteiger partial charge in [-0.15, -0.1) is 0 Å². The number of aldehydes is 1. The van der Waals surface area contributed by atoms with Crippen molar-refractivity contribution < 1.29 is 14.4 Å². The third-order valence-corrected chi connectivity index (χ3v) is 1.58. The first kappa shape index (κ1) is 20.3. The van der Waals surface area contributed by atoms with Gasteiger partial charge in [-0.3, -0.25) is 14.5 Å². The Hall–Kier alpha value is -1.19. The van der Waals surface area contributed by atoms with Crippen molar-refractivity contribution in [2.45, 2.75) is 48.0 Å². The molecule has 0 N–H and O–H groups in total. The van der Waals surface area contributed by atoms with Crippen LogP contribution in [0.25, 0.3) is 0 Å². The van der Waals surface area contributed by atoms with Crippen LogP contribution in [-0.4, -0.2) is 30.0 Å². The topological polar surface area (TPSA) is 54.5 Å². The average molecular weight is 231 g/mol. The summed E-state index contributed by atoms with van der Waals surface area (Å²) in [4.78, 5) is 33.0. The summed E-state index contributed by atoms with van der Waals surface area (Å²) in [6.07, 6.45) is 0.797. The van der Waals surface area contributed by atoms with Gasteiger partial charge in [0, 0.05) is 26.3 Å². The fourth-order valence-corrected chi connectivity index (χ4v) is 0.636. The van der Waals surface area contributed by atoms with Gasteiger partial charge in [0.05, 0.1) is 0 Å². The molecule has 96 valence electrons. The van der Waals surface area contributed by atoms with E-state index in [1.807, 2.05) is 27.7 Å². The van der Waals surface area contributed by atoms with E-state index in [2.05, 4.69) is 0 Å². The zero-order chi connectivity index (χ0) is 13.7. The van der Waals surface area contributed by atoms with Crippen LogP contribution in [0.5, 0.6) is 0 Å². The Balaban J connectivity index is -0.000000376. The number of carbonyl (C=O) groups is 3. The Kier molecular flexibility index (Phi) is 17.5. The summed E-state index contributed by atoms with van der Waals surface area (Å²) in [6, 6.07) is 0. The molecule has 16 heavy (non-hydrogen) atoms. The van der Waals surface area contributed by atoms with E-state index >= 15 is 0 Å². The maximum Gasteiger partial charge on any atom is 0.229 e. The smallest absolute Gasteiger partial charge is 0.229 e. The van der Waals surface area contributed by atoms with E-state index in [-0.39, 0.29) is 24.2 Å². The Labute approximate surface area is 99.0 Å². The highest BCUT2D eigenvalue weighted by Crippen LogP contribution is 2.01. The highest BCUT2D eigenvalue weighted by Gasteiger charge is 2.15. The van der Waals surface area contributed by atoms with Crippen LogP contribution in [0.2, 0.25) is 0 Å². The molecule has 0 spiro atoms. The van der Waals surface area contributed by atoms with Crippen LogP contribution in [0.15, 0.2) is 0 Å². The Bertz CT molecular complexity index is 202. The fourth-order valence-electron chi connectivity index (χ4n) is 0.636. The molecule has 0 radical (unpaired) electrons. The summed E-state index contributed by atoms with van der Waals surface area (Å²) in [5, 5.41) is 0. The van der Waals surface area contributed by atoms with Crippen molar-refractivity contribution in [3.8, 4) is 0 Å². The van der Waals surface area contributed by atoms with E-state index in [0.29, 0.717) is 6.29 Å². The van der Waals surface area contributed by atoms with Crippen molar-refractivity contribution in [2.24, 2.45) is 5.92 Å². The normalized spacial score (nSPS) is 9.69. The molecule has 0 rings (SSSR count). The van der Waals surface area contributed by atoms with E-state index in [1.54, 1.807) is 6.92 Å². The molecule has 4 nitrogen and oxygen atoms in total. The molecule has 0 heterocycles. The number of carbonyl (C=O) groups excluding carboxylic acids is 3. The third kappa shape index (κ3) is 10.9. The quantitative estimate of drug-likeness (QED) is 0.700. The number of nitrogens with zero attached hydrogens (tertiary/aromatic N) is 1. The van der Waals surface area contributed by atoms with Gasteiger partial charge in [-0.2, -0.15) is 0 Å². The molecule has 1 atom stereocenters. The van der Waals surface area contributed by atoms with Crippen LogP contribution in [-0.2, 0) is 14.4 Å². The molecule has 0 saturated carbocycles. The summed E-state index contributed by atoms with van der Waals surface area (Å²) in [6.45, 7) is 10.9. The molecular weight excluding hydrogens is 206 g/mol. The van der Waals surface area contributed by atoms with Gasteiger partial charge >= 0.3 is 0 Å². The predicted octanol–water partition coefficient (Wildman–Crippen LogP) is 2.27. The summed E-state index contributed by atoms with van der Waals surface area (Å²) in [7, 11) is 1.40. The second-order valence-electron chi connectivity index (χ2n) is 2.79. The van der Waals surface area contributed by atoms with Crippen molar-refractivity contribution in [1.82, 2.24) is 4.90 Å². The minimum absolute atomic E-state index is 0.0968. The highest BCUT2D eigenvalue weighted by atomic mass is 16.2. The van der Waals surface area contributed by atoms with Crippen molar-refractivity contribution in [1.29, 1.82) is 0 Å². The molecule has 0 aliphatic carbocycles. The molecular formula is C12H25NO3. The van der Waals surface area contributed by atoms with Gasteiger partial charge in [0.15, 0.2) is 0 Å². The lowest BCUT2D eigenvalue weighted by molar-refractivity contribution is -0.142. The molecule has 0 aliphatic heterocycles. The first-order chi connectivity index (χ1) is 7.49. The minimum Gasteiger partial charge on any atom is -0.303 e. The molecule has 0 bridgehead atoms. The zero-order valence-corrected chi connectivity index (χ0v) is 11.5. The van der Waals surface area contributed by atoms with E-state index in [0.717, 1.165) is 4.90 Å². The Morgan fingerprint density at radius 1 is 1.19 bits per heavy atom. The van der Waals surface area contributed by atoms with Crippen LogP contribution < -0.4 is 0 Å². The van der Waals surface area contributed by atoms with Crippen LogP contribution in [0.3, 0.4) is 0 Å². The molecule has 0 aromatic rings. The lowest BCUT2D eigenvalue weighted by Gasteiger charge is -2.13. The first-order valence-electron chi connectivity index (χ1n) is 5.71. The summed E-state index contributed by atoms with van der Waals surface area (Å²) in [5.41, 5.74) is 0.